The molecule has 7 nitrogen and oxygen atoms in total. The largest absolute Gasteiger partial charge is 0.342 e. The number of amides is 4. The van der Waals surface area contributed by atoms with Crippen LogP contribution in [0.3, 0.4) is 0 Å². The van der Waals surface area contributed by atoms with Crippen molar-refractivity contribution >= 4 is 40.5 Å². The molecule has 1 aromatic heterocycles. The van der Waals surface area contributed by atoms with Crippen LogP contribution in [0, 0.1) is 18.3 Å². The molecule has 0 spiro atoms. The molecule has 1 fully saturated rings. The van der Waals surface area contributed by atoms with Gasteiger partial charge in [0, 0.05) is 29.2 Å². The van der Waals surface area contributed by atoms with Gasteiger partial charge in [0.15, 0.2) is 0 Å². The average molecular weight is 460 g/mol. The lowest BCUT2D eigenvalue weighted by atomic mass is 10.1. The van der Waals surface area contributed by atoms with E-state index < -0.39 is 17.8 Å². The molecule has 0 aliphatic carbocycles. The third-order valence-electron chi connectivity index (χ3n) is 5.99. The van der Waals surface area contributed by atoms with Gasteiger partial charge in [0.25, 0.3) is 11.8 Å². The molecule has 1 saturated heterocycles. The van der Waals surface area contributed by atoms with Gasteiger partial charge in [-0.3, -0.25) is 14.9 Å². The zero-order valence-electron chi connectivity index (χ0n) is 18.9. The highest BCUT2D eigenvalue weighted by Crippen LogP contribution is 2.27. The molecule has 7 heteroatoms. The Morgan fingerprint density at radius 3 is 2.43 bits per heavy atom. The third kappa shape index (κ3) is 3.98. The van der Waals surface area contributed by atoms with E-state index in [0.717, 1.165) is 26.9 Å². The number of para-hydroxylation sites is 1. The first-order valence-electron chi connectivity index (χ1n) is 11.0. The summed E-state index contributed by atoms with van der Waals surface area (Å²) >= 11 is 0. The quantitative estimate of drug-likeness (QED) is 0.357. The first kappa shape index (κ1) is 21.9. The van der Waals surface area contributed by atoms with E-state index in [4.69, 9.17) is 0 Å². The van der Waals surface area contributed by atoms with Gasteiger partial charge in [-0.15, -0.1) is 0 Å². The second-order valence-corrected chi connectivity index (χ2v) is 8.29. The fourth-order valence-electron chi connectivity index (χ4n) is 4.21. The number of urea groups is 1. The van der Waals surface area contributed by atoms with E-state index in [0.29, 0.717) is 23.4 Å². The topological polar surface area (TPSA) is 95.2 Å². The SMILES string of the molecule is Cc1ccc(N2C(=O)NC(=O)/C(=C/c3cn(Cc4ccccc4C#N)c4ccccc34)C2=O)cc1. The maximum Gasteiger partial charge on any atom is 0.335 e. The van der Waals surface area contributed by atoms with Crippen LogP contribution in [0.15, 0.2) is 84.6 Å². The van der Waals surface area contributed by atoms with Crippen molar-refractivity contribution in [1.29, 1.82) is 5.26 Å². The number of carbonyl (C=O) groups is 3. The zero-order chi connectivity index (χ0) is 24.5. The summed E-state index contributed by atoms with van der Waals surface area (Å²) < 4.78 is 1.98. The smallest absolute Gasteiger partial charge is 0.335 e. The number of nitrogens with zero attached hydrogens (tertiary/aromatic N) is 3. The zero-order valence-corrected chi connectivity index (χ0v) is 18.9. The number of hydrogen-bond acceptors (Lipinski definition) is 4. The number of fused-ring (bicyclic) bond motifs is 1. The van der Waals surface area contributed by atoms with Crippen molar-refractivity contribution in [2.45, 2.75) is 13.5 Å². The van der Waals surface area contributed by atoms with Crippen molar-refractivity contribution in [2.24, 2.45) is 0 Å². The Morgan fingerprint density at radius 2 is 1.66 bits per heavy atom. The summed E-state index contributed by atoms with van der Waals surface area (Å²) in [5.41, 5.74) is 4.22. The first-order chi connectivity index (χ1) is 17.0. The van der Waals surface area contributed by atoms with Gasteiger partial charge >= 0.3 is 6.03 Å². The van der Waals surface area contributed by atoms with E-state index in [9.17, 15) is 19.6 Å². The number of carbonyl (C=O) groups excluding carboxylic acids is 3. The summed E-state index contributed by atoms with van der Waals surface area (Å²) in [5.74, 6) is -1.43. The van der Waals surface area contributed by atoms with E-state index >= 15 is 0 Å². The molecule has 1 N–H and O–H groups in total. The number of barbiturate groups is 1. The standard InChI is InChI=1S/C28H20N4O3/c1-18-10-12-22(13-11-18)32-27(34)24(26(33)30-28(32)35)14-21-17-31(25-9-5-4-8-23(21)25)16-20-7-3-2-6-19(20)15-29/h2-14,17H,16H2,1H3,(H,30,33,35)/b24-14-. The first-order valence-corrected chi connectivity index (χ1v) is 11.0. The average Bonchev–Trinajstić information content (AvgIpc) is 3.20. The third-order valence-corrected chi connectivity index (χ3v) is 5.99. The molecule has 0 atom stereocenters. The molecule has 0 unspecified atom stereocenters. The Labute approximate surface area is 201 Å². The highest BCUT2D eigenvalue weighted by molar-refractivity contribution is 6.39. The molecular formula is C28H20N4O3. The minimum Gasteiger partial charge on any atom is -0.342 e. The van der Waals surface area contributed by atoms with Gasteiger partial charge in [0.1, 0.15) is 5.57 Å². The van der Waals surface area contributed by atoms with Crippen LogP contribution in [-0.4, -0.2) is 22.4 Å². The fraction of sp³-hybridized carbons (Fsp3) is 0.0714. The molecule has 170 valence electrons. The van der Waals surface area contributed by atoms with Crippen LogP contribution in [0.25, 0.3) is 17.0 Å². The second-order valence-electron chi connectivity index (χ2n) is 8.29. The number of aryl methyl sites for hydroxylation is 1. The molecule has 0 saturated carbocycles. The second kappa shape index (κ2) is 8.76. The van der Waals surface area contributed by atoms with Crippen LogP contribution in [0.5, 0.6) is 0 Å². The molecule has 4 aromatic rings. The van der Waals surface area contributed by atoms with Crippen molar-refractivity contribution in [3.8, 4) is 6.07 Å². The Hall–Kier alpha value is -4.96. The van der Waals surface area contributed by atoms with Crippen molar-refractivity contribution < 1.29 is 14.4 Å². The molecule has 5 rings (SSSR count). The van der Waals surface area contributed by atoms with E-state index in [1.807, 2.05) is 60.2 Å². The van der Waals surface area contributed by atoms with Crippen molar-refractivity contribution in [2.75, 3.05) is 4.90 Å². The maximum absolute atomic E-state index is 13.3. The fourth-order valence-corrected chi connectivity index (χ4v) is 4.21. The molecule has 3 aromatic carbocycles. The highest BCUT2D eigenvalue weighted by Gasteiger charge is 2.37. The van der Waals surface area contributed by atoms with Gasteiger partial charge in [0.05, 0.1) is 17.3 Å². The Morgan fingerprint density at radius 1 is 0.943 bits per heavy atom. The molecule has 0 radical (unpaired) electrons. The number of hydrogen-bond donors (Lipinski definition) is 1. The van der Waals surface area contributed by atoms with Crippen LogP contribution in [0.2, 0.25) is 0 Å². The molecule has 35 heavy (non-hydrogen) atoms. The molecule has 2 heterocycles. The highest BCUT2D eigenvalue weighted by atomic mass is 16.2. The molecule has 1 aliphatic heterocycles. The molecule has 4 amide bonds. The Kier molecular flexibility index (Phi) is 5.47. The lowest BCUT2D eigenvalue weighted by molar-refractivity contribution is -0.122. The van der Waals surface area contributed by atoms with Gasteiger partial charge in [0.2, 0.25) is 0 Å². The lowest BCUT2D eigenvalue weighted by Gasteiger charge is -2.26. The van der Waals surface area contributed by atoms with E-state index in [-0.39, 0.29) is 5.57 Å². The number of benzene rings is 3. The van der Waals surface area contributed by atoms with Crippen LogP contribution < -0.4 is 10.2 Å². The lowest BCUT2D eigenvalue weighted by Crippen LogP contribution is -2.54. The van der Waals surface area contributed by atoms with Crippen LogP contribution in [0.1, 0.15) is 22.3 Å². The minimum atomic E-state index is -0.781. The number of anilines is 1. The van der Waals surface area contributed by atoms with E-state index in [1.165, 1.54) is 6.08 Å². The number of aromatic nitrogens is 1. The van der Waals surface area contributed by atoms with E-state index in [1.54, 1.807) is 30.3 Å². The monoisotopic (exact) mass is 460 g/mol. The van der Waals surface area contributed by atoms with Gasteiger partial charge in [-0.05, 0) is 42.8 Å². The Bertz CT molecular complexity index is 1570. The summed E-state index contributed by atoms with van der Waals surface area (Å²) in [5, 5.41) is 12.6. The Balaban J connectivity index is 1.58. The molecular weight excluding hydrogens is 440 g/mol. The van der Waals surface area contributed by atoms with Crippen molar-refractivity contribution in [1.82, 2.24) is 9.88 Å². The number of nitrogens with one attached hydrogen (secondary N) is 1. The number of imide groups is 2. The van der Waals surface area contributed by atoms with E-state index in [2.05, 4.69) is 11.4 Å². The van der Waals surface area contributed by atoms with Crippen LogP contribution in [0.4, 0.5) is 10.5 Å². The summed E-state index contributed by atoms with van der Waals surface area (Å²) in [6.07, 6.45) is 3.36. The number of rotatable bonds is 4. The number of nitriles is 1. The summed E-state index contributed by atoms with van der Waals surface area (Å²) in [6.45, 7) is 2.35. The van der Waals surface area contributed by atoms with Crippen LogP contribution in [-0.2, 0) is 16.1 Å². The van der Waals surface area contributed by atoms with Gasteiger partial charge in [-0.2, -0.15) is 5.26 Å². The molecule has 1 aliphatic rings. The van der Waals surface area contributed by atoms with Gasteiger partial charge in [-0.1, -0.05) is 54.1 Å². The van der Waals surface area contributed by atoms with Gasteiger partial charge < -0.3 is 4.57 Å². The maximum atomic E-state index is 13.3. The van der Waals surface area contributed by atoms with Crippen molar-refractivity contribution in [3.63, 3.8) is 0 Å². The summed E-state index contributed by atoms with van der Waals surface area (Å²) in [6, 6.07) is 23.4. The van der Waals surface area contributed by atoms with Crippen LogP contribution >= 0.6 is 0 Å². The predicted molar refractivity (Wildman–Crippen MR) is 132 cm³/mol. The minimum absolute atomic E-state index is 0.134. The molecule has 0 bridgehead atoms. The predicted octanol–water partition coefficient (Wildman–Crippen LogP) is 4.54. The summed E-state index contributed by atoms with van der Waals surface area (Å²) in [7, 11) is 0. The summed E-state index contributed by atoms with van der Waals surface area (Å²) in [4.78, 5) is 39.4. The van der Waals surface area contributed by atoms with Gasteiger partial charge in [-0.25, -0.2) is 9.69 Å². The normalized spacial score (nSPS) is 14.9. The van der Waals surface area contributed by atoms with Crippen molar-refractivity contribution in [3.05, 3.63) is 107 Å².